The van der Waals surface area contributed by atoms with E-state index in [-0.39, 0.29) is 24.8 Å². The van der Waals surface area contributed by atoms with Crippen molar-refractivity contribution in [1.82, 2.24) is 0 Å². The minimum Gasteiger partial charge on any atom is -0.393 e. The van der Waals surface area contributed by atoms with Gasteiger partial charge in [-0.1, -0.05) is 0 Å². The highest BCUT2D eigenvalue weighted by Gasteiger charge is 2.60. The third kappa shape index (κ3) is 0.878. The Hall–Kier alpha value is -0.0951. The third-order valence-electron chi connectivity index (χ3n) is 2.74. The minimum atomic E-state index is -0.598. The molecule has 2 heterocycles. The van der Waals surface area contributed by atoms with Gasteiger partial charge in [0.15, 0.2) is 0 Å². The topological polar surface area (TPSA) is 47.9 Å². The molecule has 5 heteroatoms. The predicted octanol–water partition coefficient (Wildman–Crippen LogP) is -1.88. The molecule has 68 valence electrons. The normalized spacial score (nSPS) is 51.7. The lowest BCUT2D eigenvalue weighted by molar-refractivity contribution is -0.138. The summed E-state index contributed by atoms with van der Waals surface area (Å²) in [7, 11) is 3.56. The van der Waals surface area contributed by atoms with Gasteiger partial charge in [0.2, 0.25) is 0 Å². The van der Waals surface area contributed by atoms with Crippen molar-refractivity contribution in [2.45, 2.75) is 23.8 Å². The Morgan fingerprint density at radius 3 is 2.92 bits per heavy atom. The molecule has 2 aliphatic rings. The minimum absolute atomic E-state index is 0.0119. The quantitative estimate of drug-likeness (QED) is 0.495. The van der Waals surface area contributed by atoms with E-state index in [0.29, 0.717) is 6.61 Å². The van der Waals surface area contributed by atoms with Crippen molar-refractivity contribution in [2.24, 2.45) is 0 Å². The Bertz CT molecular complexity index is 188. The first kappa shape index (κ1) is 8.50. The lowest BCUT2D eigenvalue weighted by atomic mass is 9.92. The third-order valence-corrected chi connectivity index (χ3v) is 2.74. The highest BCUT2D eigenvalue weighted by Crippen LogP contribution is 2.40. The number of rotatable bonds is 2. The van der Waals surface area contributed by atoms with Crippen molar-refractivity contribution in [3.63, 3.8) is 0 Å². The van der Waals surface area contributed by atoms with Crippen molar-refractivity contribution in [3.8, 4) is 0 Å². The van der Waals surface area contributed by atoms with E-state index in [9.17, 15) is 5.11 Å². The van der Waals surface area contributed by atoms with Crippen LogP contribution < -0.4 is 0 Å². The van der Waals surface area contributed by atoms with Gasteiger partial charge in [-0.2, -0.15) is 0 Å². The molecule has 2 rings (SSSR count). The summed E-state index contributed by atoms with van der Waals surface area (Å²) in [4.78, 5) is 0. The molecular formula is C7H13BO4. The van der Waals surface area contributed by atoms with Gasteiger partial charge in [0.1, 0.15) is 25.7 Å². The van der Waals surface area contributed by atoms with Crippen LogP contribution in [0.25, 0.3) is 0 Å². The molecular weight excluding hydrogens is 159 g/mol. The van der Waals surface area contributed by atoms with Gasteiger partial charge in [0, 0.05) is 7.11 Å². The fourth-order valence-electron chi connectivity index (χ4n) is 2.15. The molecule has 4 atom stereocenters. The Balaban J connectivity index is 2.23. The van der Waals surface area contributed by atoms with Crippen LogP contribution >= 0.6 is 0 Å². The van der Waals surface area contributed by atoms with Crippen LogP contribution in [0.5, 0.6) is 0 Å². The van der Waals surface area contributed by atoms with Gasteiger partial charge in [-0.25, -0.2) is 0 Å². The van der Waals surface area contributed by atoms with Crippen LogP contribution in [-0.2, 0) is 14.2 Å². The first-order valence-corrected chi connectivity index (χ1v) is 4.16. The van der Waals surface area contributed by atoms with Crippen LogP contribution in [0.2, 0.25) is 0 Å². The average molecular weight is 172 g/mol. The van der Waals surface area contributed by atoms with Gasteiger partial charge >= 0.3 is 0 Å². The molecule has 0 amide bonds. The van der Waals surface area contributed by atoms with Crippen LogP contribution in [0.1, 0.15) is 0 Å². The van der Waals surface area contributed by atoms with Crippen LogP contribution in [0.4, 0.5) is 0 Å². The van der Waals surface area contributed by atoms with Crippen molar-refractivity contribution in [1.29, 1.82) is 0 Å². The summed E-state index contributed by atoms with van der Waals surface area (Å²) >= 11 is 0. The molecule has 4 nitrogen and oxygen atoms in total. The summed E-state index contributed by atoms with van der Waals surface area (Å²) in [5.41, 5.74) is -0.598. The fourth-order valence-corrected chi connectivity index (χ4v) is 2.15. The smallest absolute Gasteiger partial charge is 0.142 e. The molecule has 12 heavy (non-hydrogen) atoms. The zero-order chi connectivity index (χ0) is 8.77. The molecule has 2 bridgehead atoms. The molecule has 0 saturated carbocycles. The lowest BCUT2D eigenvalue weighted by Gasteiger charge is -2.27. The number of hydrogen-bond donors (Lipinski definition) is 1. The maximum Gasteiger partial charge on any atom is 0.142 e. The summed E-state index contributed by atoms with van der Waals surface area (Å²) in [6, 6.07) is 0.0239. The highest BCUT2D eigenvalue weighted by molar-refractivity contribution is 6.11. The number of aliphatic hydroxyl groups is 1. The SMILES string of the molecule is B[C@@H]1O[C@@]2(CO)CO[C@@H]1[C@@H]2OC. The van der Waals surface area contributed by atoms with Gasteiger partial charge in [0.25, 0.3) is 0 Å². The van der Waals surface area contributed by atoms with Crippen molar-refractivity contribution < 1.29 is 19.3 Å². The number of methoxy groups -OCH3 is 1. The molecule has 0 spiro atoms. The van der Waals surface area contributed by atoms with Crippen molar-refractivity contribution in [2.75, 3.05) is 20.3 Å². The second-order valence-electron chi connectivity index (χ2n) is 3.48. The van der Waals surface area contributed by atoms with Crippen LogP contribution in [0.15, 0.2) is 0 Å². The molecule has 0 aromatic rings. The highest BCUT2D eigenvalue weighted by atomic mass is 16.7. The molecule has 2 fully saturated rings. The fraction of sp³-hybridized carbons (Fsp3) is 1.00. The van der Waals surface area contributed by atoms with Gasteiger partial charge in [-0.05, 0) is 0 Å². The second kappa shape index (κ2) is 2.70. The lowest BCUT2D eigenvalue weighted by Crippen LogP contribution is -2.45. The largest absolute Gasteiger partial charge is 0.393 e. The zero-order valence-corrected chi connectivity index (χ0v) is 7.32. The van der Waals surface area contributed by atoms with E-state index in [0.717, 1.165) is 0 Å². The van der Waals surface area contributed by atoms with E-state index in [1.165, 1.54) is 0 Å². The Morgan fingerprint density at radius 1 is 1.75 bits per heavy atom. The van der Waals surface area contributed by atoms with E-state index < -0.39 is 5.60 Å². The monoisotopic (exact) mass is 172 g/mol. The summed E-state index contributed by atoms with van der Waals surface area (Å²) in [5, 5.41) is 9.18. The standard InChI is InChI=1S/C7H13BO4/c1-10-5-4-6(8)12-7(5,2-9)3-11-4/h4-6,9H,2-3,8H2,1H3/t4-,5+,6-,7+/m1/s1. The summed E-state index contributed by atoms with van der Waals surface area (Å²) in [6.45, 7) is 0.406. The molecule has 1 N–H and O–H groups in total. The number of ether oxygens (including phenoxy) is 3. The molecule has 0 aliphatic carbocycles. The molecule has 0 unspecified atom stereocenters. The zero-order valence-electron chi connectivity index (χ0n) is 7.32. The van der Waals surface area contributed by atoms with Crippen molar-refractivity contribution >= 4 is 7.85 Å². The number of hydrogen-bond acceptors (Lipinski definition) is 4. The van der Waals surface area contributed by atoms with E-state index in [1.54, 1.807) is 7.11 Å². The Labute approximate surface area is 72.2 Å². The predicted molar refractivity (Wildman–Crippen MR) is 43.8 cm³/mol. The Morgan fingerprint density at radius 2 is 2.50 bits per heavy atom. The maximum absolute atomic E-state index is 9.18. The summed E-state index contributed by atoms with van der Waals surface area (Å²) in [6.07, 6.45) is -0.125. The van der Waals surface area contributed by atoms with Gasteiger partial charge in [0.05, 0.1) is 19.2 Å². The molecule has 2 saturated heterocycles. The first-order valence-electron chi connectivity index (χ1n) is 4.16. The van der Waals surface area contributed by atoms with Crippen LogP contribution in [0, 0.1) is 0 Å². The molecule has 0 aromatic carbocycles. The summed E-state index contributed by atoms with van der Waals surface area (Å²) in [5.74, 6) is 0. The molecule has 0 radical (unpaired) electrons. The number of fused-ring (bicyclic) bond motifs is 2. The van der Waals surface area contributed by atoms with Gasteiger partial charge < -0.3 is 19.3 Å². The maximum atomic E-state index is 9.18. The van der Waals surface area contributed by atoms with E-state index in [1.807, 2.05) is 7.85 Å². The van der Waals surface area contributed by atoms with E-state index >= 15 is 0 Å². The summed E-state index contributed by atoms with van der Waals surface area (Å²) < 4.78 is 16.3. The average Bonchev–Trinajstić information content (AvgIpc) is 2.56. The molecule has 2 aliphatic heterocycles. The van der Waals surface area contributed by atoms with Crippen molar-refractivity contribution in [3.05, 3.63) is 0 Å². The Kier molecular flexibility index (Phi) is 1.91. The van der Waals surface area contributed by atoms with Gasteiger partial charge in [-0.15, -0.1) is 0 Å². The van der Waals surface area contributed by atoms with Gasteiger partial charge in [-0.3, -0.25) is 0 Å². The number of aliphatic hydroxyl groups excluding tert-OH is 1. The van der Waals surface area contributed by atoms with Crippen LogP contribution in [-0.4, -0.2) is 57.1 Å². The first-order chi connectivity index (χ1) is 5.73. The van der Waals surface area contributed by atoms with Crippen LogP contribution in [0.3, 0.4) is 0 Å². The second-order valence-corrected chi connectivity index (χ2v) is 3.48. The van der Waals surface area contributed by atoms with E-state index in [4.69, 9.17) is 14.2 Å². The molecule has 0 aromatic heterocycles. The van der Waals surface area contributed by atoms with E-state index in [2.05, 4.69) is 0 Å².